The van der Waals surface area contributed by atoms with Crippen LogP contribution in [-0.2, 0) is 22.4 Å². The number of benzene rings is 1. The first kappa shape index (κ1) is 15.7. The fourth-order valence-corrected chi connectivity index (χ4v) is 2.86. The zero-order chi connectivity index (χ0) is 27.1. The van der Waals surface area contributed by atoms with Gasteiger partial charge in [0.05, 0.1) is 6.76 Å². The van der Waals surface area contributed by atoms with E-state index in [-0.39, 0.29) is 11.5 Å². The Morgan fingerprint density at radius 2 is 1.94 bits per heavy atom. The van der Waals surface area contributed by atoms with E-state index in [9.17, 15) is 24.3 Å². The van der Waals surface area contributed by atoms with Crippen molar-refractivity contribution in [1.29, 1.82) is 0 Å². The lowest BCUT2D eigenvalue weighted by atomic mass is 10.0. The van der Waals surface area contributed by atoms with E-state index in [4.69, 9.17) is 17.7 Å². The van der Waals surface area contributed by atoms with Gasteiger partial charge in [-0.05, 0) is 42.5 Å². The van der Waals surface area contributed by atoms with Gasteiger partial charge in [0.15, 0.2) is 0 Å². The van der Waals surface area contributed by atoms with Crippen LogP contribution in [0, 0.1) is 0 Å². The SMILES string of the molecule is [2H]C([2H])(C(=O)O)C([2H])([2H])C([2H])(NC(=O)c1ccc(CCc2c[nH]c3nc(N)[nH]c(=O)c23)cc1)C(=O)O. The van der Waals surface area contributed by atoms with E-state index in [1.807, 2.05) is 0 Å². The summed E-state index contributed by atoms with van der Waals surface area (Å²) in [6.07, 6.45) is -5.20. The Labute approximate surface area is 182 Å². The van der Waals surface area contributed by atoms with E-state index >= 15 is 0 Å². The number of amides is 1. The topological polar surface area (TPSA) is 191 Å². The van der Waals surface area contributed by atoms with E-state index in [0.29, 0.717) is 35.0 Å². The van der Waals surface area contributed by atoms with Crippen LogP contribution in [0.2, 0.25) is 0 Å². The van der Waals surface area contributed by atoms with Crippen molar-refractivity contribution in [3.8, 4) is 0 Å². The van der Waals surface area contributed by atoms with Crippen molar-refractivity contribution in [2.24, 2.45) is 0 Å². The second kappa shape index (κ2) is 9.11. The summed E-state index contributed by atoms with van der Waals surface area (Å²) in [7, 11) is 0. The molecular formula is C20H21N5O6. The first-order valence-corrected chi connectivity index (χ1v) is 8.86. The number of aromatic amines is 2. The number of H-pyrrole nitrogens is 2. The molecule has 0 fully saturated rings. The lowest BCUT2D eigenvalue weighted by molar-refractivity contribution is -0.140. The van der Waals surface area contributed by atoms with E-state index in [1.54, 1.807) is 11.5 Å². The highest BCUT2D eigenvalue weighted by Gasteiger charge is 2.21. The Kier molecular flexibility index (Phi) is 4.60. The number of aromatic nitrogens is 3. The molecule has 1 atom stereocenters. The first-order valence-electron chi connectivity index (χ1n) is 11.4. The van der Waals surface area contributed by atoms with Crippen LogP contribution in [0.25, 0.3) is 11.0 Å². The van der Waals surface area contributed by atoms with Crippen LogP contribution >= 0.6 is 0 Å². The summed E-state index contributed by atoms with van der Waals surface area (Å²) >= 11 is 0. The largest absolute Gasteiger partial charge is 0.481 e. The molecule has 3 rings (SSSR count). The number of fused-ring (bicyclic) bond motifs is 1. The van der Waals surface area contributed by atoms with Crippen molar-refractivity contribution in [1.82, 2.24) is 20.3 Å². The Hall–Kier alpha value is -4.15. The van der Waals surface area contributed by atoms with Crippen LogP contribution in [-0.4, -0.2) is 49.0 Å². The Morgan fingerprint density at radius 1 is 1.23 bits per heavy atom. The molecule has 1 amide bonds. The lowest BCUT2D eigenvalue weighted by Crippen LogP contribution is -2.41. The molecule has 1 aromatic carbocycles. The average molecular weight is 432 g/mol. The predicted octanol–water partition coefficient (Wildman–Crippen LogP) is 0.666. The van der Waals surface area contributed by atoms with Gasteiger partial charge in [-0.2, -0.15) is 4.98 Å². The van der Waals surface area contributed by atoms with Gasteiger partial charge >= 0.3 is 11.9 Å². The highest BCUT2D eigenvalue weighted by Crippen LogP contribution is 2.16. The minimum absolute atomic E-state index is 0.0264. The van der Waals surface area contributed by atoms with Gasteiger partial charge in [0.2, 0.25) is 5.95 Å². The summed E-state index contributed by atoms with van der Waals surface area (Å²) in [5.41, 5.74) is 6.68. The smallest absolute Gasteiger partial charge is 0.326 e. The number of nitrogens with two attached hydrogens (primary N) is 1. The highest BCUT2D eigenvalue weighted by atomic mass is 16.4. The number of carboxylic acid groups (broad SMARTS) is 2. The molecule has 1 unspecified atom stereocenters. The van der Waals surface area contributed by atoms with Crippen molar-refractivity contribution < 1.29 is 31.5 Å². The van der Waals surface area contributed by atoms with Crippen molar-refractivity contribution >= 4 is 34.8 Å². The first-order chi connectivity index (χ1) is 16.6. The molecule has 7 N–H and O–H groups in total. The molecule has 0 aliphatic rings. The summed E-state index contributed by atoms with van der Waals surface area (Å²) < 4.78 is 38.2. The van der Waals surface area contributed by atoms with Gasteiger partial charge in [-0.25, -0.2) is 4.79 Å². The summed E-state index contributed by atoms with van der Waals surface area (Å²) in [6, 6.07) is 1.92. The van der Waals surface area contributed by atoms with Crippen LogP contribution in [0.4, 0.5) is 5.95 Å². The van der Waals surface area contributed by atoms with Gasteiger partial charge in [-0.15, -0.1) is 0 Å². The monoisotopic (exact) mass is 432 g/mol. The molecule has 3 aromatic rings. The van der Waals surface area contributed by atoms with Crippen LogP contribution in [0.3, 0.4) is 0 Å². The van der Waals surface area contributed by atoms with E-state index in [2.05, 4.69) is 15.0 Å². The number of carboxylic acids is 2. The summed E-state index contributed by atoms with van der Waals surface area (Å²) in [5, 5.41) is 20.3. The minimum atomic E-state index is -3.86. The number of nitrogens with zero attached hydrogens (tertiary/aromatic N) is 1. The number of aryl methyl sites for hydroxylation is 2. The van der Waals surface area contributed by atoms with Crippen LogP contribution in [0.5, 0.6) is 0 Å². The Morgan fingerprint density at radius 3 is 2.58 bits per heavy atom. The second-order valence-electron chi connectivity index (χ2n) is 6.38. The van der Waals surface area contributed by atoms with Gasteiger partial charge in [0.25, 0.3) is 11.5 Å². The van der Waals surface area contributed by atoms with E-state index < -0.39 is 42.2 Å². The maximum absolute atomic E-state index is 12.6. The fourth-order valence-electron chi connectivity index (χ4n) is 2.86. The maximum Gasteiger partial charge on any atom is 0.326 e. The molecule has 0 aliphatic carbocycles. The van der Waals surface area contributed by atoms with Gasteiger partial charge in [0, 0.05) is 23.6 Å². The molecule has 31 heavy (non-hydrogen) atoms. The summed E-state index contributed by atoms with van der Waals surface area (Å²) in [6.45, 7) is 0. The van der Waals surface area contributed by atoms with Crippen LogP contribution in [0.15, 0.2) is 35.3 Å². The van der Waals surface area contributed by atoms with Gasteiger partial charge < -0.3 is 26.2 Å². The van der Waals surface area contributed by atoms with Gasteiger partial charge in [0.1, 0.15) is 11.7 Å². The Balaban J connectivity index is 1.77. The number of hydrogen-bond donors (Lipinski definition) is 6. The third kappa shape index (κ3) is 5.26. The zero-order valence-corrected chi connectivity index (χ0v) is 15.9. The van der Waals surface area contributed by atoms with Crippen molar-refractivity contribution in [2.75, 3.05) is 5.73 Å². The van der Waals surface area contributed by atoms with Crippen LogP contribution in [0.1, 0.15) is 41.1 Å². The fraction of sp³-hybridized carbons (Fsp3) is 0.250. The highest BCUT2D eigenvalue weighted by molar-refractivity contribution is 5.96. The number of carbonyl (C=O) groups is 3. The third-order valence-electron chi connectivity index (χ3n) is 4.29. The number of hydrogen-bond acceptors (Lipinski definition) is 6. The number of aliphatic carboxylic acids is 2. The molecule has 0 aliphatic heterocycles. The molecule has 0 bridgehead atoms. The molecular weight excluding hydrogens is 406 g/mol. The molecule has 11 nitrogen and oxygen atoms in total. The van der Waals surface area contributed by atoms with E-state index in [0.717, 1.165) is 0 Å². The number of anilines is 1. The Bertz CT molecular complexity index is 1400. The quantitative estimate of drug-likeness (QED) is 0.284. The molecule has 0 radical (unpaired) electrons. The average Bonchev–Trinajstić information content (AvgIpc) is 3.20. The normalized spacial score (nSPS) is 16.2. The van der Waals surface area contributed by atoms with Crippen molar-refractivity contribution in [3.63, 3.8) is 0 Å². The molecule has 2 heterocycles. The number of carbonyl (C=O) groups excluding carboxylic acids is 1. The maximum atomic E-state index is 12.6. The van der Waals surface area contributed by atoms with Crippen molar-refractivity contribution in [2.45, 2.75) is 31.6 Å². The minimum Gasteiger partial charge on any atom is -0.481 e. The molecule has 0 saturated carbocycles. The molecule has 2 aromatic heterocycles. The van der Waals surface area contributed by atoms with Crippen molar-refractivity contribution in [3.05, 3.63) is 57.5 Å². The van der Waals surface area contributed by atoms with Crippen LogP contribution < -0.4 is 16.6 Å². The lowest BCUT2D eigenvalue weighted by Gasteiger charge is -2.13. The van der Waals surface area contributed by atoms with Gasteiger partial charge in [-0.3, -0.25) is 19.4 Å². The second-order valence-corrected chi connectivity index (χ2v) is 6.38. The summed E-state index contributed by atoms with van der Waals surface area (Å²) in [4.78, 5) is 56.8. The third-order valence-corrected chi connectivity index (χ3v) is 4.29. The number of nitrogen functional groups attached to an aromatic ring is 1. The molecule has 11 heteroatoms. The number of rotatable bonds is 9. The summed E-state index contributed by atoms with van der Waals surface area (Å²) in [5.74, 6) is -5.87. The molecule has 0 saturated heterocycles. The zero-order valence-electron chi connectivity index (χ0n) is 20.9. The van der Waals surface area contributed by atoms with E-state index in [1.165, 1.54) is 24.3 Å². The molecule has 0 spiro atoms. The molecule has 162 valence electrons. The van der Waals surface area contributed by atoms with Gasteiger partial charge in [-0.1, -0.05) is 12.1 Å². The standard InChI is InChI=1S/C20H21N5O6/c21-20-24-16-15(18(29)25-20)12(9-22-16)6-3-10-1-4-11(5-2-10)17(28)23-13(19(30)31)7-8-14(26)27/h1-2,4-5,9,13H,3,6-8H2,(H,23,28)(H,26,27)(H,30,31)(H4,21,22,24,25,29)/i7D2,8D2,13D. The predicted molar refractivity (Wildman–Crippen MR) is 111 cm³/mol. The number of nitrogens with one attached hydrogen (secondary N) is 3.